The van der Waals surface area contributed by atoms with E-state index in [1.807, 2.05) is 43.3 Å². The van der Waals surface area contributed by atoms with Crippen LogP contribution in [-0.2, 0) is 17.6 Å². The molecule has 4 heteroatoms. The number of aryl methyl sites for hydroxylation is 1. The molecule has 0 aliphatic heterocycles. The molecular weight excluding hydrogens is 266 g/mol. The number of nitrogens with one attached hydrogen (secondary N) is 1. The van der Waals surface area contributed by atoms with Crippen molar-refractivity contribution < 1.29 is 13.9 Å². The zero-order valence-corrected chi connectivity index (χ0v) is 12.5. The topological polar surface area (TPSA) is 51.5 Å². The lowest BCUT2D eigenvalue weighted by molar-refractivity contribution is -0.121. The molecule has 1 N–H and O–H groups in total. The Hall–Kier alpha value is -2.23. The molecule has 1 atom stereocenters. The normalized spacial score (nSPS) is 11.9. The van der Waals surface area contributed by atoms with Crippen LogP contribution in [-0.4, -0.2) is 19.1 Å². The van der Waals surface area contributed by atoms with Gasteiger partial charge in [0, 0.05) is 12.5 Å². The summed E-state index contributed by atoms with van der Waals surface area (Å²) in [7, 11) is 1.63. The Morgan fingerprint density at radius 1 is 1.29 bits per heavy atom. The van der Waals surface area contributed by atoms with Gasteiger partial charge < -0.3 is 14.5 Å². The fourth-order valence-electron chi connectivity index (χ4n) is 2.14. The Kier molecular flexibility index (Phi) is 5.43. The van der Waals surface area contributed by atoms with E-state index in [1.165, 1.54) is 0 Å². The molecule has 2 aromatic rings. The van der Waals surface area contributed by atoms with E-state index < -0.39 is 0 Å². The van der Waals surface area contributed by atoms with Gasteiger partial charge in [0.25, 0.3) is 0 Å². The summed E-state index contributed by atoms with van der Waals surface area (Å²) < 4.78 is 10.4. The summed E-state index contributed by atoms with van der Waals surface area (Å²) >= 11 is 0. The number of carbonyl (C=O) groups is 1. The van der Waals surface area contributed by atoms with Gasteiger partial charge in [-0.25, -0.2) is 0 Å². The number of hydrogen-bond acceptors (Lipinski definition) is 3. The molecule has 21 heavy (non-hydrogen) atoms. The second-order valence-electron chi connectivity index (χ2n) is 5.11. The highest BCUT2D eigenvalue weighted by Crippen LogP contribution is 2.12. The molecule has 0 bridgehead atoms. The van der Waals surface area contributed by atoms with Crippen molar-refractivity contribution >= 4 is 5.91 Å². The first-order valence-electron chi connectivity index (χ1n) is 7.12. The average Bonchev–Trinajstić information content (AvgIpc) is 2.99. The highest BCUT2D eigenvalue weighted by molar-refractivity contribution is 5.78. The number of furan rings is 1. The van der Waals surface area contributed by atoms with Crippen LogP contribution < -0.4 is 10.1 Å². The Balaban J connectivity index is 1.75. The van der Waals surface area contributed by atoms with Crippen LogP contribution in [0.25, 0.3) is 0 Å². The van der Waals surface area contributed by atoms with Crippen molar-refractivity contribution in [3.05, 3.63) is 54.0 Å². The number of hydrogen-bond donors (Lipinski definition) is 1. The molecule has 1 aromatic heterocycles. The van der Waals surface area contributed by atoms with Gasteiger partial charge in [-0.1, -0.05) is 12.1 Å². The van der Waals surface area contributed by atoms with Crippen LogP contribution in [0.5, 0.6) is 5.75 Å². The highest BCUT2D eigenvalue weighted by atomic mass is 16.5. The van der Waals surface area contributed by atoms with E-state index in [4.69, 9.17) is 9.15 Å². The molecule has 0 unspecified atom stereocenters. The van der Waals surface area contributed by atoms with Crippen LogP contribution in [0.3, 0.4) is 0 Å². The quantitative estimate of drug-likeness (QED) is 0.851. The Labute approximate surface area is 125 Å². The molecule has 1 aromatic carbocycles. The molecular formula is C17H21NO3. The fraction of sp³-hybridized carbons (Fsp3) is 0.353. The number of carbonyl (C=O) groups excluding carboxylic acids is 1. The lowest BCUT2D eigenvalue weighted by Crippen LogP contribution is -2.34. The van der Waals surface area contributed by atoms with E-state index in [2.05, 4.69) is 5.32 Å². The van der Waals surface area contributed by atoms with Gasteiger partial charge >= 0.3 is 0 Å². The summed E-state index contributed by atoms with van der Waals surface area (Å²) in [5.41, 5.74) is 0.978. The largest absolute Gasteiger partial charge is 0.497 e. The summed E-state index contributed by atoms with van der Waals surface area (Å²) in [6.45, 7) is 2.01. The van der Waals surface area contributed by atoms with Crippen molar-refractivity contribution in [1.29, 1.82) is 0 Å². The first-order chi connectivity index (χ1) is 10.2. The van der Waals surface area contributed by atoms with Crippen LogP contribution in [0.2, 0.25) is 0 Å². The van der Waals surface area contributed by atoms with Crippen molar-refractivity contribution in [3.63, 3.8) is 0 Å². The van der Waals surface area contributed by atoms with E-state index in [0.717, 1.165) is 29.9 Å². The van der Waals surface area contributed by atoms with Gasteiger partial charge in [0.15, 0.2) is 0 Å². The lowest BCUT2D eigenvalue weighted by atomic mass is 10.1. The number of methoxy groups -OCH3 is 1. The molecule has 0 saturated heterocycles. The molecule has 0 aliphatic rings. The summed E-state index contributed by atoms with van der Waals surface area (Å²) in [6.07, 6.45) is 3.75. The predicted octanol–water partition coefficient (Wildman–Crippen LogP) is 2.97. The van der Waals surface area contributed by atoms with Gasteiger partial charge in [0.2, 0.25) is 5.91 Å². The Morgan fingerprint density at radius 2 is 2.05 bits per heavy atom. The molecule has 0 aliphatic carbocycles. The van der Waals surface area contributed by atoms with Crippen molar-refractivity contribution in [1.82, 2.24) is 5.32 Å². The van der Waals surface area contributed by atoms with Crippen molar-refractivity contribution in [2.45, 2.75) is 32.2 Å². The summed E-state index contributed by atoms with van der Waals surface area (Å²) in [5, 5.41) is 3.01. The molecule has 0 saturated carbocycles. The number of ether oxygens (including phenoxy) is 1. The summed E-state index contributed by atoms with van der Waals surface area (Å²) in [4.78, 5) is 12.0. The Morgan fingerprint density at radius 3 is 2.67 bits per heavy atom. The van der Waals surface area contributed by atoms with Gasteiger partial charge in [0.05, 0.1) is 19.8 Å². The van der Waals surface area contributed by atoms with Crippen LogP contribution in [0.1, 0.15) is 24.7 Å². The zero-order chi connectivity index (χ0) is 15.1. The maximum absolute atomic E-state index is 12.0. The second kappa shape index (κ2) is 7.53. The lowest BCUT2D eigenvalue weighted by Gasteiger charge is -2.13. The van der Waals surface area contributed by atoms with E-state index in [9.17, 15) is 4.79 Å². The predicted molar refractivity (Wildman–Crippen MR) is 81.3 cm³/mol. The van der Waals surface area contributed by atoms with Crippen LogP contribution in [0.4, 0.5) is 0 Å². The maximum Gasteiger partial charge on any atom is 0.224 e. The van der Waals surface area contributed by atoms with Gasteiger partial charge in [-0.15, -0.1) is 0 Å². The Bertz CT molecular complexity index is 546. The molecule has 112 valence electrons. The van der Waals surface area contributed by atoms with E-state index >= 15 is 0 Å². The number of benzene rings is 1. The summed E-state index contributed by atoms with van der Waals surface area (Å²) in [5.74, 6) is 1.78. The van der Waals surface area contributed by atoms with Gasteiger partial charge in [-0.2, -0.15) is 0 Å². The number of rotatable bonds is 7. The third kappa shape index (κ3) is 4.99. The smallest absolute Gasteiger partial charge is 0.224 e. The fourth-order valence-corrected chi connectivity index (χ4v) is 2.14. The van der Waals surface area contributed by atoms with E-state index in [1.54, 1.807) is 13.4 Å². The molecule has 0 fully saturated rings. The molecule has 1 heterocycles. The minimum atomic E-state index is 0.0344. The van der Waals surface area contributed by atoms with Crippen molar-refractivity contribution in [2.75, 3.05) is 7.11 Å². The SMILES string of the molecule is COc1ccc(CC(=O)N[C@H](C)CCc2ccco2)cc1. The first-order valence-corrected chi connectivity index (χ1v) is 7.12. The third-order valence-electron chi connectivity index (χ3n) is 3.33. The van der Waals surface area contributed by atoms with Gasteiger partial charge in [0.1, 0.15) is 11.5 Å². The van der Waals surface area contributed by atoms with Crippen LogP contribution in [0, 0.1) is 0 Å². The average molecular weight is 287 g/mol. The zero-order valence-electron chi connectivity index (χ0n) is 12.5. The van der Waals surface area contributed by atoms with Crippen LogP contribution in [0.15, 0.2) is 47.1 Å². The van der Waals surface area contributed by atoms with Crippen molar-refractivity contribution in [2.24, 2.45) is 0 Å². The molecule has 1 amide bonds. The van der Waals surface area contributed by atoms with Crippen molar-refractivity contribution in [3.8, 4) is 5.75 Å². The maximum atomic E-state index is 12.0. The van der Waals surface area contributed by atoms with Gasteiger partial charge in [-0.05, 0) is 43.2 Å². The van der Waals surface area contributed by atoms with Gasteiger partial charge in [-0.3, -0.25) is 4.79 Å². The molecule has 0 spiro atoms. The standard InChI is InChI=1S/C17H21NO3/c1-13(5-8-16-4-3-11-21-16)18-17(19)12-14-6-9-15(20-2)10-7-14/h3-4,6-7,9-11,13H,5,8,12H2,1-2H3,(H,18,19)/t13-/m1/s1. The van der Waals surface area contributed by atoms with Crippen LogP contribution >= 0.6 is 0 Å². The second-order valence-corrected chi connectivity index (χ2v) is 5.11. The third-order valence-corrected chi connectivity index (χ3v) is 3.33. The molecule has 4 nitrogen and oxygen atoms in total. The first kappa shape index (κ1) is 15.2. The minimum absolute atomic E-state index is 0.0344. The monoisotopic (exact) mass is 287 g/mol. The molecule has 0 radical (unpaired) electrons. The summed E-state index contributed by atoms with van der Waals surface area (Å²) in [6, 6.07) is 11.5. The van der Waals surface area contributed by atoms with E-state index in [-0.39, 0.29) is 11.9 Å². The number of amides is 1. The minimum Gasteiger partial charge on any atom is -0.497 e. The molecule has 2 rings (SSSR count). The van der Waals surface area contributed by atoms with E-state index in [0.29, 0.717) is 6.42 Å². The highest BCUT2D eigenvalue weighted by Gasteiger charge is 2.09.